The van der Waals surface area contributed by atoms with E-state index in [4.69, 9.17) is 4.42 Å². The highest BCUT2D eigenvalue weighted by Gasteiger charge is 2.20. The quantitative estimate of drug-likeness (QED) is 0.731. The van der Waals surface area contributed by atoms with Crippen LogP contribution >= 0.6 is 0 Å². The van der Waals surface area contributed by atoms with Gasteiger partial charge in [-0.2, -0.15) is 0 Å². The zero-order valence-electron chi connectivity index (χ0n) is 13.8. The van der Waals surface area contributed by atoms with Gasteiger partial charge in [-0.1, -0.05) is 30.3 Å². The molecule has 0 spiro atoms. The summed E-state index contributed by atoms with van der Waals surface area (Å²) in [5.74, 6) is 0.400. The van der Waals surface area contributed by atoms with E-state index in [9.17, 15) is 4.39 Å². The maximum atomic E-state index is 13.8. The number of halogens is 1. The van der Waals surface area contributed by atoms with Gasteiger partial charge in [0, 0.05) is 31.9 Å². The van der Waals surface area contributed by atoms with Crippen molar-refractivity contribution in [1.82, 2.24) is 15.1 Å². The second kappa shape index (κ2) is 7.03. The van der Waals surface area contributed by atoms with Crippen LogP contribution in [0.15, 0.2) is 59.0 Å². The van der Waals surface area contributed by atoms with Crippen molar-refractivity contribution < 1.29 is 8.81 Å². The number of anilines is 1. The van der Waals surface area contributed by atoms with Gasteiger partial charge < -0.3 is 9.32 Å². The van der Waals surface area contributed by atoms with Gasteiger partial charge in [0.05, 0.1) is 12.1 Å². The van der Waals surface area contributed by atoms with Crippen molar-refractivity contribution in [3.63, 3.8) is 0 Å². The first kappa shape index (κ1) is 15.8. The monoisotopic (exact) mass is 338 g/mol. The number of rotatable bonds is 4. The molecule has 3 aromatic rings. The summed E-state index contributed by atoms with van der Waals surface area (Å²) in [6.45, 7) is 4.35. The normalized spacial score (nSPS) is 15.5. The molecule has 1 aliphatic rings. The summed E-state index contributed by atoms with van der Waals surface area (Å²) in [6.07, 6.45) is 0. The number of para-hydroxylation sites is 1. The Bertz CT molecular complexity index is 828. The first-order valence-electron chi connectivity index (χ1n) is 8.39. The molecule has 2 heterocycles. The fraction of sp³-hybridized carbons (Fsp3) is 0.263. The van der Waals surface area contributed by atoms with Gasteiger partial charge in [0.15, 0.2) is 0 Å². The SMILES string of the molecule is Fc1ccccc1-c1nnc(CN2CCN(c3ccccc3)CC2)o1. The highest BCUT2D eigenvalue weighted by atomic mass is 19.1. The largest absolute Gasteiger partial charge is 0.419 e. The fourth-order valence-electron chi connectivity index (χ4n) is 3.06. The molecule has 128 valence electrons. The van der Waals surface area contributed by atoms with Gasteiger partial charge in [-0.05, 0) is 24.3 Å². The molecular weight excluding hydrogens is 319 g/mol. The standard InChI is InChI=1S/C19H19FN4O/c20-17-9-5-4-8-16(17)19-22-21-18(25-19)14-23-10-12-24(13-11-23)15-6-2-1-3-7-15/h1-9H,10-14H2. The molecule has 0 unspecified atom stereocenters. The molecular formula is C19H19FN4O. The summed E-state index contributed by atoms with van der Waals surface area (Å²) in [5.41, 5.74) is 1.59. The predicted molar refractivity (Wildman–Crippen MR) is 93.6 cm³/mol. The van der Waals surface area contributed by atoms with Gasteiger partial charge in [0.2, 0.25) is 5.89 Å². The number of aromatic nitrogens is 2. The zero-order chi connectivity index (χ0) is 17.1. The Morgan fingerprint density at radius 2 is 1.60 bits per heavy atom. The van der Waals surface area contributed by atoms with Crippen LogP contribution in [0.2, 0.25) is 0 Å². The van der Waals surface area contributed by atoms with Crippen molar-refractivity contribution in [3.8, 4) is 11.5 Å². The number of piperazine rings is 1. The van der Waals surface area contributed by atoms with Crippen LogP contribution in [-0.2, 0) is 6.54 Å². The third-order valence-electron chi connectivity index (χ3n) is 4.42. The lowest BCUT2D eigenvalue weighted by Gasteiger charge is -2.35. The maximum Gasteiger partial charge on any atom is 0.250 e. The summed E-state index contributed by atoms with van der Waals surface area (Å²) in [4.78, 5) is 4.65. The molecule has 0 amide bonds. The van der Waals surface area contributed by atoms with Crippen LogP contribution in [0, 0.1) is 5.82 Å². The molecule has 0 aliphatic carbocycles. The lowest BCUT2D eigenvalue weighted by molar-refractivity contribution is 0.227. The van der Waals surface area contributed by atoms with Crippen molar-refractivity contribution in [1.29, 1.82) is 0 Å². The van der Waals surface area contributed by atoms with Gasteiger partial charge in [0.1, 0.15) is 5.82 Å². The molecule has 5 nitrogen and oxygen atoms in total. The second-order valence-electron chi connectivity index (χ2n) is 6.08. The molecule has 0 N–H and O–H groups in total. The summed E-state index contributed by atoms with van der Waals surface area (Å²) in [6, 6.07) is 16.8. The Hall–Kier alpha value is -2.73. The highest BCUT2D eigenvalue weighted by Crippen LogP contribution is 2.22. The minimum atomic E-state index is -0.353. The van der Waals surface area contributed by atoms with Gasteiger partial charge in [0.25, 0.3) is 5.89 Å². The van der Waals surface area contributed by atoms with Crippen LogP contribution in [-0.4, -0.2) is 41.3 Å². The second-order valence-corrected chi connectivity index (χ2v) is 6.08. The number of nitrogens with zero attached hydrogens (tertiary/aromatic N) is 4. The van der Waals surface area contributed by atoms with Gasteiger partial charge in [-0.3, -0.25) is 4.90 Å². The smallest absolute Gasteiger partial charge is 0.250 e. The molecule has 0 saturated carbocycles. The third kappa shape index (κ3) is 3.53. The van der Waals surface area contributed by atoms with Gasteiger partial charge in [-0.25, -0.2) is 4.39 Å². The lowest BCUT2D eigenvalue weighted by Crippen LogP contribution is -2.46. The van der Waals surface area contributed by atoms with Crippen LogP contribution < -0.4 is 4.90 Å². The average molecular weight is 338 g/mol. The Balaban J connectivity index is 1.37. The molecule has 0 radical (unpaired) electrons. The molecule has 1 aromatic heterocycles. The van der Waals surface area contributed by atoms with Crippen molar-refractivity contribution >= 4 is 5.69 Å². The first-order chi connectivity index (χ1) is 12.3. The van der Waals surface area contributed by atoms with E-state index in [1.165, 1.54) is 11.8 Å². The molecule has 1 fully saturated rings. The van der Waals surface area contributed by atoms with Gasteiger partial charge >= 0.3 is 0 Å². The number of benzene rings is 2. The van der Waals surface area contributed by atoms with Crippen LogP contribution in [0.25, 0.3) is 11.5 Å². The van der Waals surface area contributed by atoms with E-state index in [1.54, 1.807) is 18.2 Å². The van der Waals surface area contributed by atoms with E-state index >= 15 is 0 Å². The lowest BCUT2D eigenvalue weighted by atomic mass is 10.2. The number of hydrogen-bond donors (Lipinski definition) is 0. The van der Waals surface area contributed by atoms with Crippen LogP contribution in [0.3, 0.4) is 0 Å². The van der Waals surface area contributed by atoms with Crippen LogP contribution in [0.5, 0.6) is 0 Å². The molecule has 2 aromatic carbocycles. The Morgan fingerprint density at radius 1 is 0.880 bits per heavy atom. The minimum absolute atomic E-state index is 0.232. The van der Waals surface area contributed by atoms with E-state index in [0.717, 1.165) is 26.2 Å². The molecule has 0 atom stereocenters. The maximum absolute atomic E-state index is 13.8. The minimum Gasteiger partial charge on any atom is -0.419 e. The van der Waals surface area contributed by atoms with E-state index in [-0.39, 0.29) is 11.7 Å². The van der Waals surface area contributed by atoms with E-state index < -0.39 is 0 Å². The molecule has 25 heavy (non-hydrogen) atoms. The number of hydrogen-bond acceptors (Lipinski definition) is 5. The van der Waals surface area contributed by atoms with Crippen molar-refractivity contribution in [2.24, 2.45) is 0 Å². The molecule has 0 bridgehead atoms. The van der Waals surface area contributed by atoms with Crippen LogP contribution in [0.1, 0.15) is 5.89 Å². The summed E-state index contributed by atoms with van der Waals surface area (Å²) >= 11 is 0. The fourth-order valence-corrected chi connectivity index (χ4v) is 3.06. The van der Waals surface area contributed by atoms with Crippen molar-refractivity contribution in [3.05, 3.63) is 66.3 Å². The van der Waals surface area contributed by atoms with Crippen LogP contribution in [0.4, 0.5) is 10.1 Å². The summed E-state index contributed by atoms with van der Waals surface area (Å²) < 4.78 is 19.5. The van der Waals surface area contributed by atoms with E-state index in [1.807, 2.05) is 6.07 Å². The Morgan fingerprint density at radius 3 is 2.36 bits per heavy atom. The third-order valence-corrected chi connectivity index (χ3v) is 4.42. The molecule has 1 aliphatic heterocycles. The summed E-state index contributed by atoms with van der Waals surface area (Å²) in [5, 5.41) is 8.05. The van der Waals surface area contributed by atoms with E-state index in [0.29, 0.717) is 18.0 Å². The average Bonchev–Trinajstić information content (AvgIpc) is 3.12. The topological polar surface area (TPSA) is 45.4 Å². The molecule has 6 heteroatoms. The Kier molecular flexibility index (Phi) is 4.43. The predicted octanol–water partition coefficient (Wildman–Crippen LogP) is 3.20. The Labute approximate surface area is 145 Å². The molecule has 1 saturated heterocycles. The first-order valence-corrected chi connectivity index (χ1v) is 8.39. The van der Waals surface area contributed by atoms with Gasteiger partial charge in [-0.15, -0.1) is 10.2 Å². The summed E-state index contributed by atoms with van der Waals surface area (Å²) in [7, 11) is 0. The zero-order valence-corrected chi connectivity index (χ0v) is 13.8. The highest BCUT2D eigenvalue weighted by molar-refractivity contribution is 5.53. The van der Waals surface area contributed by atoms with Crippen molar-refractivity contribution in [2.45, 2.75) is 6.54 Å². The van der Waals surface area contributed by atoms with Crippen molar-refractivity contribution in [2.75, 3.05) is 31.1 Å². The van der Waals surface area contributed by atoms with E-state index in [2.05, 4.69) is 44.3 Å². The molecule has 4 rings (SSSR count).